The highest BCUT2D eigenvalue weighted by Gasteiger charge is 2.09. The molecule has 0 fully saturated rings. The lowest BCUT2D eigenvalue weighted by Gasteiger charge is -2.11. The van der Waals surface area contributed by atoms with Gasteiger partial charge in [-0.25, -0.2) is 0 Å². The predicted molar refractivity (Wildman–Crippen MR) is 81.6 cm³/mol. The maximum Gasteiger partial charge on any atom is 0.269 e. The molecule has 110 valence electrons. The highest BCUT2D eigenvalue weighted by atomic mass is 16.6. The number of non-ortho nitro benzene ring substituents is 1. The van der Waals surface area contributed by atoms with Crippen molar-refractivity contribution in [3.05, 3.63) is 69.3 Å². The lowest BCUT2D eigenvalue weighted by molar-refractivity contribution is -0.384. The van der Waals surface area contributed by atoms with E-state index in [9.17, 15) is 14.9 Å². The third kappa shape index (κ3) is 3.46. The summed E-state index contributed by atoms with van der Waals surface area (Å²) < 4.78 is 0. The van der Waals surface area contributed by atoms with Crippen LogP contribution in [0.5, 0.6) is 0 Å². The van der Waals surface area contributed by atoms with Crippen LogP contribution >= 0.6 is 0 Å². The number of nitriles is 1. The molecule has 0 radical (unpaired) electrons. The second kappa shape index (κ2) is 6.50. The van der Waals surface area contributed by atoms with Crippen molar-refractivity contribution in [2.45, 2.75) is 13.5 Å². The van der Waals surface area contributed by atoms with Crippen LogP contribution in [-0.2, 0) is 6.54 Å². The van der Waals surface area contributed by atoms with Crippen LogP contribution in [0.15, 0.2) is 42.5 Å². The first kappa shape index (κ1) is 15.2. The number of rotatable bonds is 5. The number of ketones is 1. The van der Waals surface area contributed by atoms with Crippen molar-refractivity contribution in [3.63, 3.8) is 0 Å². The molecule has 1 N–H and O–H groups in total. The number of nitro groups is 1. The lowest BCUT2D eigenvalue weighted by Crippen LogP contribution is -2.05. The van der Waals surface area contributed by atoms with Crippen molar-refractivity contribution in [2.24, 2.45) is 0 Å². The van der Waals surface area contributed by atoms with Gasteiger partial charge in [-0.1, -0.05) is 12.1 Å². The van der Waals surface area contributed by atoms with Crippen LogP contribution in [0.4, 0.5) is 11.4 Å². The van der Waals surface area contributed by atoms with Crippen molar-refractivity contribution < 1.29 is 9.72 Å². The predicted octanol–water partition coefficient (Wildman–Crippen LogP) is 3.28. The summed E-state index contributed by atoms with van der Waals surface area (Å²) in [6.45, 7) is 1.76. The Hall–Kier alpha value is -3.20. The molecule has 2 rings (SSSR count). The normalized spacial score (nSPS) is 9.82. The van der Waals surface area contributed by atoms with Crippen molar-refractivity contribution in [1.82, 2.24) is 0 Å². The van der Waals surface area contributed by atoms with E-state index in [2.05, 4.69) is 5.32 Å². The highest BCUT2D eigenvalue weighted by Crippen LogP contribution is 2.20. The minimum absolute atomic E-state index is 0.0110. The standard InChI is InChI=1S/C16H13N3O3/c1-11(20)15-6-5-12(9-17)8-16(15)18-10-13-3-2-4-14(7-13)19(21)22/h2-8,18H,10H2,1H3. The lowest BCUT2D eigenvalue weighted by atomic mass is 10.1. The van der Waals surface area contributed by atoms with Crippen LogP contribution in [0.1, 0.15) is 28.4 Å². The van der Waals surface area contributed by atoms with Gasteiger partial charge < -0.3 is 5.32 Å². The van der Waals surface area contributed by atoms with E-state index in [1.807, 2.05) is 6.07 Å². The number of hydrogen-bond acceptors (Lipinski definition) is 5. The molecule has 0 spiro atoms. The quantitative estimate of drug-likeness (QED) is 0.518. The molecule has 0 saturated heterocycles. The zero-order valence-corrected chi connectivity index (χ0v) is 11.9. The molecule has 0 saturated carbocycles. The molecule has 0 aliphatic heterocycles. The number of benzene rings is 2. The summed E-state index contributed by atoms with van der Waals surface area (Å²) in [7, 11) is 0. The fraction of sp³-hybridized carbons (Fsp3) is 0.125. The maximum atomic E-state index is 11.6. The van der Waals surface area contributed by atoms with E-state index < -0.39 is 4.92 Å². The van der Waals surface area contributed by atoms with Gasteiger partial charge in [-0.05, 0) is 30.7 Å². The summed E-state index contributed by atoms with van der Waals surface area (Å²) in [6, 6.07) is 13.0. The SMILES string of the molecule is CC(=O)c1ccc(C#N)cc1NCc1cccc([N+](=O)[O-])c1. The van der Waals surface area contributed by atoms with Gasteiger partial charge in [-0.15, -0.1) is 0 Å². The largest absolute Gasteiger partial charge is 0.380 e. The Kier molecular flexibility index (Phi) is 4.49. The molecule has 0 atom stereocenters. The maximum absolute atomic E-state index is 11.6. The van der Waals surface area contributed by atoms with Gasteiger partial charge >= 0.3 is 0 Å². The number of Topliss-reactive ketones (excluding diaryl/α,β-unsaturated/α-hetero) is 1. The van der Waals surface area contributed by atoms with E-state index >= 15 is 0 Å². The molecule has 2 aromatic carbocycles. The second-order valence-electron chi connectivity index (χ2n) is 4.71. The first-order valence-electron chi connectivity index (χ1n) is 6.53. The van der Waals surface area contributed by atoms with Gasteiger partial charge in [0.15, 0.2) is 5.78 Å². The summed E-state index contributed by atoms with van der Waals surface area (Å²) in [5.74, 6) is -0.119. The molecule has 0 amide bonds. The molecule has 0 unspecified atom stereocenters. The van der Waals surface area contributed by atoms with Crippen LogP contribution in [0.3, 0.4) is 0 Å². The topological polar surface area (TPSA) is 96.0 Å². The molecule has 2 aromatic rings. The van der Waals surface area contributed by atoms with E-state index in [1.165, 1.54) is 19.1 Å². The average molecular weight is 295 g/mol. The Balaban J connectivity index is 2.24. The first-order valence-corrected chi connectivity index (χ1v) is 6.53. The summed E-state index contributed by atoms with van der Waals surface area (Å²) in [6.07, 6.45) is 0. The number of carbonyl (C=O) groups excluding carboxylic acids is 1. The average Bonchev–Trinajstić information content (AvgIpc) is 2.52. The van der Waals surface area contributed by atoms with Gasteiger partial charge in [0.05, 0.1) is 16.6 Å². The molecule has 0 bridgehead atoms. The molecular weight excluding hydrogens is 282 g/mol. The summed E-state index contributed by atoms with van der Waals surface area (Å²) in [5, 5.41) is 22.8. The zero-order valence-electron chi connectivity index (χ0n) is 11.9. The number of anilines is 1. The van der Waals surface area contributed by atoms with Crippen LogP contribution in [0.2, 0.25) is 0 Å². The summed E-state index contributed by atoms with van der Waals surface area (Å²) in [4.78, 5) is 21.9. The fourth-order valence-corrected chi connectivity index (χ4v) is 2.04. The van der Waals surface area contributed by atoms with Crippen LogP contribution in [0.25, 0.3) is 0 Å². The van der Waals surface area contributed by atoms with Gasteiger partial charge in [0.2, 0.25) is 0 Å². The minimum Gasteiger partial charge on any atom is -0.380 e. The van der Waals surface area contributed by atoms with Crippen molar-refractivity contribution in [2.75, 3.05) is 5.32 Å². The van der Waals surface area contributed by atoms with Crippen molar-refractivity contribution in [3.8, 4) is 6.07 Å². The molecule has 6 nitrogen and oxygen atoms in total. The zero-order chi connectivity index (χ0) is 16.1. The summed E-state index contributed by atoms with van der Waals surface area (Å²) in [5.41, 5.74) is 2.18. The van der Waals surface area contributed by atoms with Crippen molar-refractivity contribution in [1.29, 1.82) is 5.26 Å². The van der Waals surface area contributed by atoms with Gasteiger partial charge in [-0.3, -0.25) is 14.9 Å². The Morgan fingerprint density at radius 1 is 1.32 bits per heavy atom. The third-order valence-electron chi connectivity index (χ3n) is 3.13. The molecule has 22 heavy (non-hydrogen) atoms. The second-order valence-corrected chi connectivity index (χ2v) is 4.71. The van der Waals surface area contributed by atoms with Gasteiger partial charge in [0, 0.05) is 29.9 Å². The molecule has 0 aromatic heterocycles. The fourth-order valence-electron chi connectivity index (χ4n) is 2.04. The minimum atomic E-state index is -0.458. The Morgan fingerprint density at radius 3 is 2.73 bits per heavy atom. The number of nitro benzene ring substituents is 1. The first-order chi connectivity index (χ1) is 10.5. The Bertz CT molecular complexity index is 778. The molecular formula is C16H13N3O3. The van der Waals surface area contributed by atoms with Gasteiger partial charge in [0.25, 0.3) is 5.69 Å². The summed E-state index contributed by atoms with van der Waals surface area (Å²) >= 11 is 0. The van der Waals surface area contributed by atoms with E-state index in [0.29, 0.717) is 28.9 Å². The van der Waals surface area contributed by atoms with Gasteiger partial charge in [0.1, 0.15) is 0 Å². The number of hydrogen-bond donors (Lipinski definition) is 1. The van der Waals surface area contributed by atoms with Gasteiger partial charge in [-0.2, -0.15) is 5.26 Å². The van der Waals surface area contributed by atoms with E-state index in [1.54, 1.807) is 30.3 Å². The molecule has 0 heterocycles. The molecule has 0 aliphatic rings. The monoisotopic (exact) mass is 295 g/mol. The van der Waals surface area contributed by atoms with Crippen molar-refractivity contribution >= 4 is 17.2 Å². The number of nitrogens with one attached hydrogen (secondary N) is 1. The Morgan fingerprint density at radius 2 is 2.09 bits per heavy atom. The molecule has 0 aliphatic carbocycles. The third-order valence-corrected chi connectivity index (χ3v) is 3.13. The van der Waals surface area contributed by atoms with E-state index in [-0.39, 0.29) is 11.5 Å². The smallest absolute Gasteiger partial charge is 0.269 e. The van der Waals surface area contributed by atoms with Crippen LogP contribution in [0, 0.1) is 21.4 Å². The van der Waals surface area contributed by atoms with E-state index in [0.717, 1.165) is 0 Å². The van der Waals surface area contributed by atoms with Crippen LogP contribution < -0.4 is 5.32 Å². The van der Waals surface area contributed by atoms with Crippen LogP contribution in [-0.4, -0.2) is 10.7 Å². The Labute approximate surface area is 127 Å². The highest BCUT2D eigenvalue weighted by molar-refractivity contribution is 5.99. The number of nitrogens with zero attached hydrogens (tertiary/aromatic N) is 2. The molecule has 6 heteroatoms. The number of carbonyl (C=O) groups is 1. The van der Waals surface area contributed by atoms with E-state index in [4.69, 9.17) is 5.26 Å².